The van der Waals surface area contributed by atoms with E-state index < -0.39 is 71.9 Å². The maximum atomic E-state index is 14.6. The lowest BCUT2D eigenvalue weighted by Crippen LogP contribution is -2.90. The molecule has 4 atom stereocenters. The molecule has 2 aliphatic carbocycles. The van der Waals surface area contributed by atoms with Crippen molar-refractivity contribution in [1.82, 2.24) is 9.80 Å². The number of carbonyl (C=O) groups excluding carboxylic acids is 2. The number of rotatable bonds is 2. The van der Waals surface area contributed by atoms with E-state index in [1.165, 1.54) is 6.92 Å². The molecule has 12 heteroatoms. The summed E-state index contributed by atoms with van der Waals surface area (Å²) in [7, 11) is 1.38. The van der Waals surface area contributed by atoms with Crippen LogP contribution >= 0.6 is 0 Å². The van der Waals surface area contributed by atoms with Crippen molar-refractivity contribution in [3.8, 4) is 0 Å². The largest absolute Gasteiger partial charge is 0.439 e. The van der Waals surface area contributed by atoms with E-state index >= 15 is 0 Å². The fourth-order valence-electron chi connectivity index (χ4n) is 5.73. The zero-order valence-electron chi connectivity index (χ0n) is 16.5. The summed E-state index contributed by atoms with van der Waals surface area (Å²) in [5.41, 5.74) is -11.8. The van der Waals surface area contributed by atoms with Gasteiger partial charge in [-0.05, 0) is 25.2 Å². The molecule has 1 saturated heterocycles. The summed E-state index contributed by atoms with van der Waals surface area (Å²) in [4.78, 5) is 25.4. The molecule has 0 aromatic carbocycles. The van der Waals surface area contributed by atoms with E-state index in [1.54, 1.807) is 0 Å². The van der Waals surface area contributed by atoms with Gasteiger partial charge in [-0.15, -0.1) is 0 Å². The molecule has 0 aromatic heterocycles. The number of amides is 2. The van der Waals surface area contributed by atoms with Gasteiger partial charge < -0.3 is 9.47 Å². The Morgan fingerprint density at radius 1 is 0.862 bits per heavy atom. The predicted molar refractivity (Wildman–Crippen MR) is 85.1 cm³/mol. The Kier molecular flexibility index (Phi) is 4.41. The smallest absolute Gasteiger partial charge is 0.349 e. The number of alkyl halides is 6. The van der Waals surface area contributed by atoms with Crippen LogP contribution in [-0.4, -0.2) is 70.7 Å². The van der Waals surface area contributed by atoms with Crippen molar-refractivity contribution in [2.45, 2.75) is 74.9 Å². The highest BCUT2D eigenvalue weighted by Crippen LogP contribution is 2.75. The molecule has 0 bridgehead atoms. The lowest BCUT2D eigenvalue weighted by Gasteiger charge is -2.66. The Morgan fingerprint density at radius 2 is 1.24 bits per heavy atom. The molecule has 6 nitrogen and oxygen atoms in total. The Hall–Kier alpha value is -1.56. The molecule has 0 aromatic rings. The maximum absolute atomic E-state index is 14.6. The van der Waals surface area contributed by atoms with Gasteiger partial charge >= 0.3 is 12.4 Å². The van der Waals surface area contributed by atoms with Crippen LogP contribution in [0.2, 0.25) is 0 Å². The molecule has 1 aliphatic heterocycles. The first kappa shape index (κ1) is 22.1. The summed E-state index contributed by atoms with van der Waals surface area (Å²) in [6, 6.07) is 0. The van der Waals surface area contributed by atoms with Crippen LogP contribution in [0.25, 0.3) is 0 Å². The van der Waals surface area contributed by atoms with Crippen LogP contribution in [0.4, 0.5) is 26.3 Å². The number of methoxy groups -OCH3 is 2. The third kappa shape index (κ3) is 2.11. The number of piperazine rings is 1. The van der Waals surface area contributed by atoms with E-state index in [-0.39, 0.29) is 9.80 Å². The molecule has 166 valence electrons. The Labute approximate surface area is 163 Å². The molecule has 2 amide bonds. The summed E-state index contributed by atoms with van der Waals surface area (Å²) in [5, 5.41) is 0. The highest BCUT2D eigenvalue weighted by molar-refractivity contribution is 5.82. The van der Waals surface area contributed by atoms with Crippen molar-refractivity contribution in [3.63, 3.8) is 0 Å². The summed E-state index contributed by atoms with van der Waals surface area (Å²) in [6.45, 7) is 2.82. The molecule has 2 saturated carbocycles. The van der Waals surface area contributed by atoms with Gasteiger partial charge in [-0.2, -0.15) is 26.3 Å². The molecule has 1 unspecified atom stereocenters. The number of nitrogens with zero attached hydrogens (tertiary/aromatic N) is 2. The first-order valence-corrected chi connectivity index (χ1v) is 8.94. The second-order valence-electron chi connectivity index (χ2n) is 7.96. The number of hydrogen-bond acceptors (Lipinski definition) is 4. The minimum absolute atomic E-state index is 0.153. The van der Waals surface area contributed by atoms with Crippen LogP contribution in [0.1, 0.15) is 40.0 Å². The Bertz CT molecular complexity index is 751. The van der Waals surface area contributed by atoms with Gasteiger partial charge in [0.1, 0.15) is 11.1 Å². The van der Waals surface area contributed by atoms with Gasteiger partial charge in [-0.25, -0.2) is 0 Å². The predicted octanol–water partition coefficient (Wildman–Crippen LogP) is 2.82. The van der Waals surface area contributed by atoms with Gasteiger partial charge in [-0.1, -0.05) is 6.92 Å². The van der Waals surface area contributed by atoms with Gasteiger partial charge in [0.05, 0.1) is 0 Å². The van der Waals surface area contributed by atoms with E-state index in [0.29, 0.717) is 14.2 Å². The normalized spacial score (nSPS) is 38.5. The first-order chi connectivity index (χ1) is 13.1. The number of ether oxygens (including phenoxy) is 2. The Morgan fingerprint density at radius 3 is 1.45 bits per heavy atom. The van der Waals surface area contributed by atoms with Crippen molar-refractivity contribution in [3.05, 3.63) is 0 Å². The number of halogens is 6. The lowest BCUT2D eigenvalue weighted by molar-refractivity contribution is -0.437. The van der Waals surface area contributed by atoms with Crippen LogP contribution < -0.4 is 0 Å². The topological polar surface area (TPSA) is 59.1 Å². The van der Waals surface area contributed by atoms with Crippen LogP contribution in [0, 0.1) is 5.92 Å². The molecule has 29 heavy (non-hydrogen) atoms. The fraction of sp³-hybridized carbons (Fsp3) is 0.882. The van der Waals surface area contributed by atoms with E-state index in [9.17, 15) is 35.9 Å². The van der Waals surface area contributed by atoms with Crippen LogP contribution in [0.3, 0.4) is 0 Å². The minimum atomic E-state index is -5.28. The second-order valence-corrected chi connectivity index (χ2v) is 7.96. The minimum Gasteiger partial charge on any atom is -0.349 e. The van der Waals surface area contributed by atoms with E-state index in [1.807, 2.05) is 0 Å². The average Bonchev–Trinajstić information content (AvgIpc) is 3.44. The molecular formula is C17H22F6N2O4. The van der Waals surface area contributed by atoms with Gasteiger partial charge in [0.2, 0.25) is 11.8 Å². The highest BCUT2D eigenvalue weighted by Gasteiger charge is 2.95. The van der Waals surface area contributed by atoms with E-state index in [4.69, 9.17) is 9.47 Å². The molecule has 2 spiro atoms. The molecular weight excluding hydrogens is 410 g/mol. The molecule has 0 N–H and O–H groups in total. The standard InChI is InChI=1S/C17H22F6N2O4/c1-9-8-13(9)15(29-5,17(21,22)23)24(10(2)26)12(6-7-12)14(28-4,16(18,19)20)25(13)11(3)27/h9H,6-8H2,1-5H3/t9-,13?,14+,15-/m1/s1. The van der Waals surface area contributed by atoms with Gasteiger partial charge in [0.15, 0.2) is 0 Å². The van der Waals surface area contributed by atoms with Crippen LogP contribution in [0.15, 0.2) is 0 Å². The van der Waals surface area contributed by atoms with Gasteiger partial charge in [0, 0.05) is 28.1 Å². The summed E-state index contributed by atoms with van der Waals surface area (Å²) >= 11 is 0. The van der Waals surface area contributed by atoms with E-state index in [2.05, 4.69) is 0 Å². The third-order valence-corrected chi connectivity index (χ3v) is 6.66. The molecule has 1 heterocycles. The second kappa shape index (κ2) is 5.77. The zero-order chi connectivity index (χ0) is 22.4. The van der Waals surface area contributed by atoms with Crippen molar-refractivity contribution in [1.29, 1.82) is 0 Å². The molecule has 3 aliphatic rings. The lowest BCUT2D eigenvalue weighted by atomic mass is 9.79. The van der Waals surface area contributed by atoms with Crippen LogP contribution in [-0.2, 0) is 19.1 Å². The van der Waals surface area contributed by atoms with Crippen LogP contribution in [0.5, 0.6) is 0 Å². The summed E-state index contributed by atoms with van der Waals surface area (Å²) < 4.78 is 97.3. The first-order valence-electron chi connectivity index (χ1n) is 8.94. The molecule has 0 radical (unpaired) electrons. The van der Waals surface area contributed by atoms with E-state index in [0.717, 1.165) is 13.8 Å². The van der Waals surface area contributed by atoms with Crippen molar-refractivity contribution in [2.24, 2.45) is 5.92 Å². The monoisotopic (exact) mass is 432 g/mol. The summed E-state index contributed by atoms with van der Waals surface area (Å²) in [6.07, 6.45) is -11.9. The summed E-state index contributed by atoms with van der Waals surface area (Å²) in [5.74, 6) is -3.52. The number of carbonyl (C=O) groups is 2. The third-order valence-electron chi connectivity index (χ3n) is 6.66. The molecule has 3 rings (SSSR count). The van der Waals surface area contributed by atoms with Crippen molar-refractivity contribution >= 4 is 11.8 Å². The average molecular weight is 432 g/mol. The quantitative estimate of drug-likeness (QED) is 0.630. The van der Waals surface area contributed by atoms with Crippen molar-refractivity contribution in [2.75, 3.05) is 14.2 Å². The van der Waals surface area contributed by atoms with Gasteiger partial charge in [0.25, 0.3) is 11.4 Å². The SMILES string of the molecule is CO[C@@]1(C(F)(F)F)N(C(C)=O)C2(C[C@H]2C)[C@@](OC)(C(F)(F)F)N(C(C)=O)C12CC2. The Balaban J connectivity index is 2.50. The zero-order valence-corrected chi connectivity index (χ0v) is 16.5. The molecule has 3 fully saturated rings. The fourth-order valence-corrected chi connectivity index (χ4v) is 5.73. The maximum Gasteiger partial charge on any atom is 0.439 e. The highest BCUT2D eigenvalue weighted by atomic mass is 19.4. The van der Waals surface area contributed by atoms with Gasteiger partial charge in [-0.3, -0.25) is 19.4 Å². The van der Waals surface area contributed by atoms with Crippen molar-refractivity contribution < 1.29 is 45.4 Å². The number of hydrogen-bond donors (Lipinski definition) is 0.